The molecule has 1 aliphatic heterocycles. The Bertz CT molecular complexity index is 432. The minimum absolute atomic E-state index is 0.373. The second-order valence-electron chi connectivity index (χ2n) is 3.90. The molecule has 0 amide bonds. The van der Waals surface area contributed by atoms with Crippen LogP contribution in [0.15, 0.2) is 6.07 Å². The van der Waals surface area contributed by atoms with Crippen LogP contribution in [-0.4, -0.2) is 24.1 Å². The molecular formula is C11H13ClN4. The van der Waals surface area contributed by atoms with Crippen molar-refractivity contribution in [1.29, 1.82) is 5.26 Å². The molecule has 0 aromatic carbocycles. The summed E-state index contributed by atoms with van der Waals surface area (Å²) in [5.74, 6) is 0.673. The summed E-state index contributed by atoms with van der Waals surface area (Å²) in [7, 11) is 0. The Morgan fingerprint density at radius 1 is 1.69 bits per heavy atom. The van der Waals surface area contributed by atoms with Crippen molar-refractivity contribution >= 4 is 17.4 Å². The molecule has 0 aliphatic carbocycles. The second kappa shape index (κ2) is 4.69. The fraction of sp³-hybridized carbons (Fsp3) is 0.455. The SMILES string of the molecule is Cc1nc(NC2CCNC2)c(Cl)cc1C#N. The number of nitriles is 1. The molecule has 4 nitrogen and oxygen atoms in total. The Morgan fingerprint density at radius 2 is 2.50 bits per heavy atom. The second-order valence-corrected chi connectivity index (χ2v) is 4.30. The van der Waals surface area contributed by atoms with E-state index in [4.69, 9.17) is 16.9 Å². The van der Waals surface area contributed by atoms with Gasteiger partial charge in [-0.15, -0.1) is 0 Å². The Labute approximate surface area is 99.6 Å². The molecule has 0 spiro atoms. The molecule has 1 fully saturated rings. The largest absolute Gasteiger partial charge is 0.365 e. The van der Waals surface area contributed by atoms with Crippen LogP contribution in [0.1, 0.15) is 17.7 Å². The smallest absolute Gasteiger partial charge is 0.145 e. The van der Waals surface area contributed by atoms with Gasteiger partial charge in [0, 0.05) is 12.6 Å². The number of hydrogen-bond donors (Lipinski definition) is 2. The third-order valence-corrected chi connectivity index (χ3v) is 2.98. The molecule has 1 saturated heterocycles. The fourth-order valence-corrected chi connectivity index (χ4v) is 1.97. The molecule has 0 saturated carbocycles. The first kappa shape index (κ1) is 11.2. The average Bonchev–Trinajstić information content (AvgIpc) is 2.75. The number of aryl methyl sites for hydroxylation is 1. The van der Waals surface area contributed by atoms with Crippen LogP contribution in [0, 0.1) is 18.3 Å². The van der Waals surface area contributed by atoms with Crippen molar-refractivity contribution in [3.63, 3.8) is 0 Å². The Kier molecular flexibility index (Phi) is 3.28. The van der Waals surface area contributed by atoms with Crippen LogP contribution in [0.3, 0.4) is 0 Å². The first-order valence-electron chi connectivity index (χ1n) is 5.25. The van der Waals surface area contributed by atoms with E-state index in [-0.39, 0.29) is 0 Å². The summed E-state index contributed by atoms with van der Waals surface area (Å²) in [4.78, 5) is 4.31. The summed E-state index contributed by atoms with van der Waals surface area (Å²) in [6.45, 7) is 3.76. The molecule has 0 radical (unpaired) electrons. The zero-order valence-electron chi connectivity index (χ0n) is 9.05. The normalized spacial score (nSPS) is 19.4. The number of nitrogens with zero attached hydrogens (tertiary/aromatic N) is 2. The number of rotatable bonds is 2. The van der Waals surface area contributed by atoms with Crippen molar-refractivity contribution in [2.45, 2.75) is 19.4 Å². The Balaban J connectivity index is 2.21. The van der Waals surface area contributed by atoms with Crippen molar-refractivity contribution in [2.75, 3.05) is 18.4 Å². The summed E-state index contributed by atoms with van der Waals surface area (Å²) in [6.07, 6.45) is 1.07. The lowest BCUT2D eigenvalue weighted by Crippen LogP contribution is -2.23. The van der Waals surface area contributed by atoms with Crippen molar-refractivity contribution in [1.82, 2.24) is 10.3 Å². The van der Waals surface area contributed by atoms with Crippen LogP contribution in [-0.2, 0) is 0 Å². The average molecular weight is 237 g/mol. The van der Waals surface area contributed by atoms with E-state index in [0.29, 0.717) is 28.1 Å². The number of halogens is 1. The molecule has 1 aromatic heterocycles. The zero-order valence-corrected chi connectivity index (χ0v) is 9.80. The lowest BCUT2D eigenvalue weighted by atomic mass is 10.2. The van der Waals surface area contributed by atoms with Crippen molar-refractivity contribution in [2.24, 2.45) is 0 Å². The minimum atomic E-state index is 0.373. The van der Waals surface area contributed by atoms with Crippen LogP contribution in [0.4, 0.5) is 5.82 Å². The van der Waals surface area contributed by atoms with Crippen LogP contribution in [0.2, 0.25) is 5.02 Å². The van der Waals surface area contributed by atoms with E-state index in [1.54, 1.807) is 6.07 Å². The van der Waals surface area contributed by atoms with E-state index < -0.39 is 0 Å². The highest BCUT2D eigenvalue weighted by atomic mass is 35.5. The molecule has 5 heteroatoms. The quantitative estimate of drug-likeness (QED) is 0.821. The maximum atomic E-state index is 8.84. The lowest BCUT2D eigenvalue weighted by Gasteiger charge is -2.14. The summed E-state index contributed by atoms with van der Waals surface area (Å²) in [6, 6.07) is 4.10. The molecule has 2 rings (SSSR count). The van der Waals surface area contributed by atoms with Gasteiger partial charge in [0.1, 0.15) is 11.9 Å². The maximum absolute atomic E-state index is 8.84. The van der Waals surface area contributed by atoms with E-state index in [0.717, 1.165) is 19.5 Å². The fourth-order valence-electron chi connectivity index (χ4n) is 1.77. The molecule has 1 aliphatic rings. The molecule has 2 N–H and O–H groups in total. The molecule has 84 valence electrons. The number of anilines is 1. The van der Waals surface area contributed by atoms with Gasteiger partial charge in [0.15, 0.2) is 0 Å². The van der Waals surface area contributed by atoms with Gasteiger partial charge < -0.3 is 10.6 Å². The summed E-state index contributed by atoms with van der Waals surface area (Å²) in [5, 5.41) is 15.9. The van der Waals surface area contributed by atoms with Crippen molar-refractivity contribution < 1.29 is 0 Å². The van der Waals surface area contributed by atoms with Gasteiger partial charge in [0.05, 0.1) is 16.3 Å². The summed E-state index contributed by atoms with van der Waals surface area (Å²) in [5.41, 5.74) is 1.24. The zero-order chi connectivity index (χ0) is 11.5. The van der Waals surface area contributed by atoms with E-state index >= 15 is 0 Å². The van der Waals surface area contributed by atoms with Crippen LogP contribution in [0.5, 0.6) is 0 Å². The van der Waals surface area contributed by atoms with Gasteiger partial charge in [0.2, 0.25) is 0 Å². The molecule has 0 bridgehead atoms. The lowest BCUT2D eigenvalue weighted by molar-refractivity contribution is 0.787. The first-order chi connectivity index (χ1) is 7.70. The Morgan fingerprint density at radius 3 is 3.12 bits per heavy atom. The van der Waals surface area contributed by atoms with E-state index in [2.05, 4.69) is 21.7 Å². The van der Waals surface area contributed by atoms with Gasteiger partial charge in [-0.3, -0.25) is 0 Å². The number of hydrogen-bond acceptors (Lipinski definition) is 4. The third kappa shape index (κ3) is 2.26. The number of nitrogens with one attached hydrogen (secondary N) is 2. The van der Waals surface area contributed by atoms with Crippen LogP contribution < -0.4 is 10.6 Å². The van der Waals surface area contributed by atoms with Gasteiger partial charge >= 0.3 is 0 Å². The highest BCUT2D eigenvalue weighted by Gasteiger charge is 2.16. The van der Waals surface area contributed by atoms with E-state index in [1.807, 2.05) is 6.92 Å². The van der Waals surface area contributed by atoms with Gasteiger partial charge in [-0.2, -0.15) is 5.26 Å². The third-order valence-electron chi connectivity index (χ3n) is 2.69. The van der Waals surface area contributed by atoms with E-state index in [1.165, 1.54) is 0 Å². The van der Waals surface area contributed by atoms with Gasteiger partial charge in [-0.05, 0) is 26.0 Å². The predicted octanol–water partition coefficient (Wildman–Crippen LogP) is 1.69. The van der Waals surface area contributed by atoms with Crippen LogP contribution in [0.25, 0.3) is 0 Å². The maximum Gasteiger partial charge on any atom is 0.145 e. The number of aromatic nitrogens is 1. The van der Waals surface area contributed by atoms with Crippen molar-refractivity contribution in [3.8, 4) is 6.07 Å². The predicted molar refractivity (Wildman–Crippen MR) is 63.6 cm³/mol. The van der Waals surface area contributed by atoms with Gasteiger partial charge in [-0.25, -0.2) is 4.98 Å². The standard InChI is InChI=1S/C11H13ClN4/c1-7-8(5-13)4-10(12)11(15-7)16-9-2-3-14-6-9/h4,9,14H,2-3,6H2,1H3,(H,15,16). The number of pyridine rings is 1. The molecule has 1 unspecified atom stereocenters. The van der Waals surface area contributed by atoms with Crippen LogP contribution >= 0.6 is 11.6 Å². The topological polar surface area (TPSA) is 60.7 Å². The molecular weight excluding hydrogens is 224 g/mol. The molecule has 16 heavy (non-hydrogen) atoms. The minimum Gasteiger partial charge on any atom is -0.365 e. The van der Waals surface area contributed by atoms with Crippen molar-refractivity contribution in [3.05, 3.63) is 22.3 Å². The first-order valence-corrected chi connectivity index (χ1v) is 5.63. The molecule has 1 atom stereocenters. The van der Waals surface area contributed by atoms with E-state index in [9.17, 15) is 0 Å². The van der Waals surface area contributed by atoms with Gasteiger partial charge in [-0.1, -0.05) is 11.6 Å². The Hall–Kier alpha value is -1.31. The monoisotopic (exact) mass is 236 g/mol. The highest BCUT2D eigenvalue weighted by Crippen LogP contribution is 2.23. The summed E-state index contributed by atoms with van der Waals surface area (Å²) >= 11 is 6.06. The highest BCUT2D eigenvalue weighted by molar-refractivity contribution is 6.33. The van der Waals surface area contributed by atoms with Gasteiger partial charge in [0.25, 0.3) is 0 Å². The molecule has 1 aromatic rings. The summed E-state index contributed by atoms with van der Waals surface area (Å²) < 4.78 is 0. The molecule has 2 heterocycles.